The van der Waals surface area contributed by atoms with Gasteiger partial charge in [-0.25, -0.2) is 4.79 Å². The SMILES string of the molecule is O=C(NC(C(=O)NCC1(C(=O)O)CCC1)C1CC1)OCC1c2ccccc2-c2ccccc21. The maximum atomic E-state index is 12.8. The Morgan fingerprint density at radius 2 is 1.61 bits per heavy atom. The van der Waals surface area contributed by atoms with Crippen molar-refractivity contribution in [3.8, 4) is 11.1 Å². The molecule has 3 aliphatic carbocycles. The number of hydrogen-bond donors (Lipinski definition) is 3. The molecule has 172 valence electrons. The van der Waals surface area contributed by atoms with Crippen molar-refractivity contribution in [2.24, 2.45) is 11.3 Å². The van der Waals surface area contributed by atoms with Crippen molar-refractivity contribution in [2.75, 3.05) is 13.2 Å². The quantitative estimate of drug-likeness (QED) is 0.572. The minimum atomic E-state index is -0.874. The van der Waals surface area contributed by atoms with Crippen LogP contribution < -0.4 is 10.6 Å². The fraction of sp³-hybridized carbons (Fsp3) is 0.423. The number of nitrogens with one attached hydrogen (secondary N) is 2. The lowest BCUT2D eigenvalue weighted by molar-refractivity contribution is -0.154. The zero-order valence-electron chi connectivity index (χ0n) is 18.4. The number of rotatable bonds is 8. The van der Waals surface area contributed by atoms with Crippen LogP contribution in [0.25, 0.3) is 11.1 Å². The summed E-state index contributed by atoms with van der Waals surface area (Å²) in [6.45, 7) is 0.276. The highest BCUT2D eigenvalue weighted by molar-refractivity contribution is 5.87. The van der Waals surface area contributed by atoms with Crippen molar-refractivity contribution >= 4 is 18.0 Å². The van der Waals surface area contributed by atoms with Crippen LogP contribution >= 0.6 is 0 Å². The second-order valence-electron chi connectivity index (χ2n) is 9.44. The number of carboxylic acids is 1. The van der Waals surface area contributed by atoms with Gasteiger partial charge in [-0.1, -0.05) is 55.0 Å². The number of carboxylic acid groups (broad SMARTS) is 1. The summed E-state index contributed by atoms with van der Waals surface area (Å²) in [5.74, 6) is -1.20. The lowest BCUT2D eigenvalue weighted by Gasteiger charge is -2.37. The molecule has 0 aliphatic heterocycles. The molecule has 33 heavy (non-hydrogen) atoms. The van der Waals surface area contributed by atoms with Gasteiger partial charge in [0.1, 0.15) is 12.6 Å². The summed E-state index contributed by atoms with van der Waals surface area (Å²) in [5, 5.41) is 15.0. The van der Waals surface area contributed by atoms with E-state index in [0.717, 1.165) is 41.5 Å². The van der Waals surface area contributed by atoms with E-state index in [0.29, 0.717) is 12.8 Å². The van der Waals surface area contributed by atoms with Crippen LogP contribution in [-0.4, -0.2) is 42.3 Å². The molecule has 2 aromatic carbocycles. The first-order valence-corrected chi connectivity index (χ1v) is 11.6. The van der Waals surface area contributed by atoms with E-state index in [1.165, 1.54) is 0 Å². The van der Waals surface area contributed by atoms with Gasteiger partial charge >= 0.3 is 12.1 Å². The first kappa shape index (κ1) is 21.5. The average molecular weight is 449 g/mol. The van der Waals surface area contributed by atoms with E-state index < -0.39 is 23.5 Å². The Morgan fingerprint density at radius 3 is 2.12 bits per heavy atom. The predicted molar refractivity (Wildman–Crippen MR) is 122 cm³/mol. The summed E-state index contributed by atoms with van der Waals surface area (Å²) in [7, 11) is 0. The summed E-state index contributed by atoms with van der Waals surface area (Å²) in [4.78, 5) is 37.0. The molecule has 2 amide bonds. The van der Waals surface area contributed by atoms with Gasteiger partial charge in [0.2, 0.25) is 5.91 Å². The number of carbonyl (C=O) groups is 3. The number of alkyl carbamates (subject to hydrolysis) is 1. The van der Waals surface area contributed by atoms with E-state index in [2.05, 4.69) is 34.9 Å². The summed E-state index contributed by atoms with van der Waals surface area (Å²) in [5.41, 5.74) is 3.69. The van der Waals surface area contributed by atoms with E-state index in [-0.39, 0.29) is 30.9 Å². The number of hydrogen-bond acceptors (Lipinski definition) is 4. The molecule has 0 aromatic heterocycles. The molecule has 0 spiro atoms. The van der Waals surface area contributed by atoms with E-state index in [4.69, 9.17) is 4.74 Å². The second kappa shape index (κ2) is 8.54. The molecule has 0 bridgehead atoms. The molecule has 0 saturated heterocycles. The van der Waals surface area contributed by atoms with E-state index in [1.807, 2.05) is 24.3 Å². The van der Waals surface area contributed by atoms with E-state index in [9.17, 15) is 19.5 Å². The number of fused-ring (bicyclic) bond motifs is 3. The molecule has 0 heterocycles. The predicted octanol–water partition coefficient (Wildman–Crippen LogP) is 3.67. The molecular weight excluding hydrogens is 420 g/mol. The van der Waals surface area contributed by atoms with Crippen molar-refractivity contribution in [2.45, 2.75) is 44.1 Å². The number of carbonyl (C=O) groups excluding carboxylic acids is 2. The smallest absolute Gasteiger partial charge is 0.407 e. The van der Waals surface area contributed by atoms with Crippen LogP contribution in [-0.2, 0) is 14.3 Å². The van der Waals surface area contributed by atoms with Crippen molar-refractivity contribution in [1.82, 2.24) is 10.6 Å². The summed E-state index contributed by atoms with van der Waals surface area (Å²) >= 11 is 0. The highest BCUT2D eigenvalue weighted by Crippen LogP contribution is 2.44. The van der Waals surface area contributed by atoms with Crippen molar-refractivity contribution in [3.63, 3.8) is 0 Å². The van der Waals surface area contributed by atoms with E-state index in [1.54, 1.807) is 0 Å². The number of aliphatic carboxylic acids is 1. The highest BCUT2D eigenvalue weighted by atomic mass is 16.5. The monoisotopic (exact) mass is 448 g/mol. The lowest BCUT2D eigenvalue weighted by atomic mass is 9.69. The van der Waals surface area contributed by atoms with Gasteiger partial charge in [-0.3, -0.25) is 9.59 Å². The zero-order chi connectivity index (χ0) is 23.0. The molecule has 2 aromatic rings. The maximum absolute atomic E-state index is 12.8. The Hall–Kier alpha value is -3.35. The summed E-state index contributed by atoms with van der Waals surface area (Å²) < 4.78 is 5.59. The Labute approximate surface area is 192 Å². The molecular formula is C26H28N2O5. The van der Waals surface area contributed by atoms with Crippen LogP contribution in [0.3, 0.4) is 0 Å². The normalized spacial score (nSPS) is 18.9. The minimum Gasteiger partial charge on any atom is -0.481 e. The molecule has 3 aliphatic rings. The van der Waals surface area contributed by atoms with Gasteiger partial charge in [0, 0.05) is 12.5 Å². The summed E-state index contributed by atoms with van der Waals surface area (Å²) in [6.07, 6.45) is 3.07. The molecule has 2 saturated carbocycles. The zero-order valence-corrected chi connectivity index (χ0v) is 18.4. The number of ether oxygens (including phenoxy) is 1. The highest BCUT2D eigenvalue weighted by Gasteiger charge is 2.46. The van der Waals surface area contributed by atoms with Gasteiger partial charge in [-0.15, -0.1) is 0 Å². The van der Waals surface area contributed by atoms with E-state index >= 15 is 0 Å². The molecule has 1 unspecified atom stereocenters. The third-order valence-electron chi connectivity index (χ3n) is 7.36. The Morgan fingerprint density at radius 1 is 1.00 bits per heavy atom. The first-order valence-electron chi connectivity index (χ1n) is 11.6. The average Bonchev–Trinajstić information content (AvgIpc) is 3.57. The fourth-order valence-electron chi connectivity index (χ4n) is 5.03. The van der Waals surface area contributed by atoms with Gasteiger partial charge in [-0.05, 0) is 53.9 Å². The summed E-state index contributed by atoms with van der Waals surface area (Å²) in [6, 6.07) is 15.5. The Kier molecular flexibility index (Phi) is 5.56. The molecule has 3 N–H and O–H groups in total. The third-order valence-corrected chi connectivity index (χ3v) is 7.36. The topological polar surface area (TPSA) is 105 Å². The van der Waals surface area contributed by atoms with Crippen LogP contribution in [0.15, 0.2) is 48.5 Å². The van der Waals surface area contributed by atoms with Crippen LogP contribution in [0.2, 0.25) is 0 Å². The largest absolute Gasteiger partial charge is 0.481 e. The molecule has 1 atom stereocenters. The van der Waals surface area contributed by atoms with Crippen LogP contribution in [0, 0.1) is 11.3 Å². The standard InChI is InChI=1S/C26H28N2O5/c29-23(27-15-26(24(30)31)12-5-13-26)22(16-10-11-16)28-25(32)33-14-21-19-8-3-1-6-17(19)18-7-2-4-9-20(18)21/h1-4,6-9,16,21-22H,5,10-15H2,(H,27,29)(H,28,32)(H,30,31). The van der Waals surface area contributed by atoms with Gasteiger partial charge in [0.25, 0.3) is 0 Å². The van der Waals surface area contributed by atoms with Gasteiger partial charge < -0.3 is 20.5 Å². The fourth-order valence-corrected chi connectivity index (χ4v) is 5.03. The third kappa shape index (κ3) is 4.08. The first-order chi connectivity index (χ1) is 16.0. The number of amides is 2. The van der Waals surface area contributed by atoms with Crippen molar-refractivity contribution in [1.29, 1.82) is 0 Å². The molecule has 7 heteroatoms. The lowest BCUT2D eigenvalue weighted by Crippen LogP contribution is -2.53. The molecule has 5 rings (SSSR count). The van der Waals surface area contributed by atoms with Crippen molar-refractivity contribution in [3.05, 3.63) is 59.7 Å². The van der Waals surface area contributed by atoms with Gasteiger partial charge in [0.15, 0.2) is 0 Å². The van der Waals surface area contributed by atoms with Crippen LogP contribution in [0.5, 0.6) is 0 Å². The van der Waals surface area contributed by atoms with Gasteiger partial charge in [0.05, 0.1) is 5.41 Å². The number of benzene rings is 2. The van der Waals surface area contributed by atoms with Crippen molar-refractivity contribution < 1.29 is 24.2 Å². The molecule has 2 fully saturated rings. The molecule has 0 radical (unpaired) electrons. The maximum Gasteiger partial charge on any atom is 0.407 e. The van der Waals surface area contributed by atoms with Crippen LogP contribution in [0.1, 0.15) is 49.1 Å². The Balaban J connectivity index is 1.20. The van der Waals surface area contributed by atoms with Crippen LogP contribution in [0.4, 0.5) is 4.79 Å². The van der Waals surface area contributed by atoms with Gasteiger partial charge in [-0.2, -0.15) is 0 Å². The molecule has 7 nitrogen and oxygen atoms in total. The minimum absolute atomic E-state index is 0.0506. The second-order valence-corrected chi connectivity index (χ2v) is 9.44. The Bertz CT molecular complexity index is 1040.